The maximum Gasteiger partial charge on any atom is 0.0303 e. The smallest absolute Gasteiger partial charge is 0.0303 e. The Morgan fingerprint density at radius 2 is 1.73 bits per heavy atom. The van der Waals surface area contributed by atoms with E-state index in [1.54, 1.807) is 0 Å². The standard InChI is InChI=1S/C15H19/c1-5-6-7-8-9-15-13(3)10-12(2)11-14(15)4/h10-11H,1,5-7H2,2-4H3. The van der Waals surface area contributed by atoms with Crippen molar-refractivity contribution in [3.05, 3.63) is 41.3 Å². The number of aryl methyl sites for hydroxylation is 3. The first-order valence-corrected chi connectivity index (χ1v) is 5.51. The van der Waals surface area contributed by atoms with Crippen LogP contribution in [-0.4, -0.2) is 0 Å². The molecule has 0 nitrogen and oxygen atoms in total. The lowest BCUT2D eigenvalue weighted by Crippen LogP contribution is -1.89. The van der Waals surface area contributed by atoms with Gasteiger partial charge in [0.15, 0.2) is 0 Å². The Hall–Kier alpha value is -1.22. The van der Waals surface area contributed by atoms with Crippen LogP contribution in [0.1, 0.15) is 41.5 Å². The van der Waals surface area contributed by atoms with Crippen molar-refractivity contribution in [2.75, 3.05) is 0 Å². The third-order valence-corrected chi connectivity index (χ3v) is 2.44. The lowest BCUT2D eigenvalue weighted by Gasteiger charge is -2.04. The zero-order valence-corrected chi connectivity index (χ0v) is 9.98. The molecule has 79 valence electrons. The van der Waals surface area contributed by atoms with Crippen molar-refractivity contribution in [1.82, 2.24) is 0 Å². The Balaban J connectivity index is 2.88. The number of hydrogen-bond acceptors (Lipinski definition) is 0. The minimum Gasteiger partial charge on any atom is -0.0979 e. The summed E-state index contributed by atoms with van der Waals surface area (Å²) in [6, 6.07) is 4.39. The Morgan fingerprint density at radius 1 is 1.13 bits per heavy atom. The fourth-order valence-electron chi connectivity index (χ4n) is 1.74. The molecule has 1 radical (unpaired) electrons. The molecule has 0 aliphatic carbocycles. The van der Waals surface area contributed by atoms with Gasteiger partial charge in [-0.05, 0) is 38.3 Å². The number of unbranched alkanes of at least 4 members (excludes halogenated alkanes) is 2. The molecule has 0 heterocycles. The van der Waals surface area contributed by atoms with Crippen molar-refractivity contribution in [3.63, 3.8) is 0 Å². The average molecular weight is 199 g/mol. The van der Waals surface area contributed by atoms with Gasteiger partial charge in [-0.2, -0.15) is 0 Å². The van der Waals surface area contributed by atoms with Crippen molar-refractivity contribution >= 4 is 0 Å². The summed E-state index contributed by atoms with van der Waals surface area (Å²) in [6.45, 7) is 10.2. The van der Waals surface area contributed by atoms with Crippen molar-refractivity contribution in [1.29, 1.82) is 0 Å². The molecular weight excluding hydrogens is 180 g/mol. The van der Waals surface area contributed by atoms with Crippen LogP contribution in [0, 0.1) is 39.5 Å². The van der Waals surface area contributed by atoms with Gasteiger partial charge in [0.1, 0.15) is 0 Å². The second kappa shape index (κ2) is 5.61. The minimum absolute atomic E-state index is 0.955. The Morgan fingerprint density at radius 3 is 2.27 bits per heavy atom. The van der Waals surface area contributed by atoms with E-state index < -0.39 is 0 Å². The van der Waals surface area contributed by atoms with Crippen molar-refractivity contribution in [2.24, 2.45) is 0 Å². The summed E-state index contributed by atoms with van der Waals surface area (Å²) in [5, 5.41) is 0. The molecule has 1 aromatic carbocycles. The van der Waals surface area contributed by atoms with E-state index in [0.29, 0.717) is 0 Å². The molecule has 0 aromatic heterocycles. The van der Waals surface area contributed by atoms with E-state index in [4.69, 9.17) is 0 Å². The molecule has 0 unspecified atom stereocenters. The molecule has 0 amide bonds. The van der Waals surface area contributed by atoms with Crippen LogP contribution in [0.2, 0.25) is 0 Å². The van der Waals surface area contributed by atoms with E-state index in [1.165, 1.54) is 22.3 Å². The lowest BCUT2D eigenvalue weighted by molar-refractivity contribution is 0.883. The van der Waals surface area contributed by atoms with Gasteiger partial charge in [0.05, 0.1) is 0 Å². The molecule has 0 atom stereocenters. The summed E-state index contributed by atoms with van der Waals surface area (Å²) in [7, 11) is 0. The molecule has 1 rings (SSSR count). The number of benzene rings is 1. The summed E-state index contributed by atoms with van der Waals surface area (Å²) < 4.78 is 0. The molecule has 0 fully saturated rings. The van der Waals surface area contributed by atoms with Gasteiger partial charge in [-0.15, -0.1) is 0 Å². The quantitative estimate of drug-likeness (QED) is 0.499. The first-order valence-electron chi connectivity index (χ1n) is 5.51. The largest absolute Gasteiger partial charge is 0.0979 e. The van der Waals surface area contributed by atoms with Gasteiger partial charge in [0, 0.05) is 12.0 Å². The summed E-state index contributed by atoms with van der Waals surface area (Å²) in [5.41, 5.74) is 5.09. The fourth-order valence-corrected chi connectivity index (χ4v) is 1.74. The van der Waals surface area contributed by atoms with Crippen LogP contribution >= 0.6 is 0 Å². The predicted octanol–water partition coefficient (Wildman–Crippen LogP) is 3.97. The highest BCUT2D eigenvalue weighted by atomic mass is 14.0. The lowest BCUT2D eigenvalue weighted by atomic mass is 10.00. The summed E-state index contributed by atoms with van der Waals surface area (Å²) in [4.78, 5) is 0. The van der Waals surface area contributed by atoms with Crippen LogP contribution in [0.25, 0.3) is 0 Å². The number of hydrogen-bond donors (Lipinski definition) is 0. The molecule has 0 N–H and O–H groups in total. The van der Waals surface area contributed by atoms with E-state index in [1.807, 2.05) is 0 Å². The first kappa shape index (κ1) is 11.9. The maximum absolute atomic E-state index is 3.81. The highest BCUT2D eigenvalue weighted by Gasteiger charge is 1.99. The highest BCUT2D eigenvalue weighted by molar-refractivity contribution is 5.48. The predicted molar refractivity (Wildman–Crippen MR) is 66.7 cm³/mol. The van der Waals surface area contributed by atoms with Gasteiger partial charge < -0.3 is 0 Å². The molecule has 0 aliphatic rings. The van der Waals surface area contributed by atoms with Crippen molar-refractivity contribution in [2.45, 2.75) is 40.0 Å². The Labute approximate surface area is 93.7 Å². The van der Waals surface area contributed by atoms with Crippen LogP contribution in [0.5, 0.6) is 0 Å². The third-order valence-electron chi connectivity index (χ3n) is 2.44. The minimum atomic E-state index is 0.955. The van der Waals surface area contributed by atoms with Crippen LogP contribution < -0.4 is 0 Å². The molecule has 0 heteroatoms. The van der Waals surface area contributed by atoms with Crippen LogP contribution in [0.15, 0.2) is 12.1 Å². The molecule has 1 aromatic rings. The zero-order valence-electron chi connectivity index (χ0n) is 9.98. The second-order valence-electron chi connectivity index (χ2n) is 4.03. The summed E-state index contributed by atoms with van der Waals surface area (Å²) in [5.74, 6) is 6.48. The first-order chi connectivity index (χ1) is 7.15. The Bertz CT molecular complexity index is 365. The summed E-state index contributed by atoms with van der Waals surface area (Å²) >= 11 is 0. The molecule has 0 saturated heterocycles. The van der Waals surface area contributed by atoms with Crippen molar-refractivity contribution < 1.29 is 0 Å². The van der Waals surface area contributed by atoms with Gasteiger partial charge in [0.25, 0.3) is 0 Å². The fraction of sp³-hybridized carbons (Fsp3) is 0.400. The molecule has 0 bridgehead atoms. The number of rotatable bonds is 2. The topological polar surface area (TPSA) is 0 Å². The zero-order chi connectivity index (χ0) is 11.3. The van der Waals surface area contributed by atoms with Gasteiger partial charge in [0.2, 0.25) is 0 Å². The van der Waals surface area contributed by atoms with E-state index >= 15 is 0 Å². The van der Waals surface area contributed by atoms with Gasteiger partial charge in [-0.3, -0.25) is 0 Å². The molecule has 15 heavy (non-hydrogen) atoms. The van der Waals surface area contributed by atoms with E-state index in [-0.39, 0.29) is 0 Å². The average Bonchev–Trinajstić information content (AvgIpc) is 2.15. The SMILES string of the molecule is [CH2]CCCC#Cc1c(C)cc(C)cc1C. The van der Waals surface area contributed by atoms with E-state index in [9.17, 15) is 0 Å². The Kier molecular flexibility index (Phi) is 4.43. The maximum atomic E-state index is 3.81. The molecule has 0 spiro atoms. The van der Waals surface area contributed by atoms with Crippen LogP contribution in [0.4, 0.5) is 0 Å². The third kappa shape index (κ3) is 3.44. The van der Waals surface area contributed by atoms with Crippen LogP contribution in [0.3, 0.4) is 0 Å². The normalized spacial score (nSPS) is 9.60. The molecule has 0 aliphatic heterocycles. The second-order valence-corrected chi connectivity index (χ2v) is 4.03. The highest BCUT2D eigenvalue weighted by Crippen LogP contribution is 2.14. The summed E-state index contributed by atoms with van der Waals surface area (Å²) in [6.07, 6.45) is 3.02. The van der Waals surface area contributed by atoms with Gasteiger partial charge >= 0.3 is 0 Å². The van der Waals surface area contributed by atoms with Gasteiger partial charge in [-0.25, -0.2) is 0 Å². The molecular formula is C15H19. The van der Waals surface area contributed by atoms with Crippen LogP contribution in [-0.2, 0) is 0 Å². The van der Waals surface area contributed by atoms with E-state index in [2.05, 4.69) is 51.7 Å². The molecule has 0 saturated carbocycles. The monoisotopic (exact) mass is 199 g/mol. The van der Waals surface area contributed by atoms with Crippen molar-refractivity contribution in [3.8, 4) is 11.8 Å². The van der Waals surface area contributed by atoms with Gasteiger partial charge in [-0.1, -0.05) is 42.9 Å². The van der Waals surface area contributed by atoms with E-state index in [0.717, 1.165) is 19.3 Å².